The van der Waals surface area contributed by atoms with E-state index < -0.39 is 29.7 Å². The number of rotatable bonds is 10. The van der Waals surface area contributed by atoms with Gasteiger partial charge in [-0.3, -0.25) is 19.3 Å². The lowest BCUT2D eigenvalue weighted by atomic mass is 9.80. The molecule has 0 spiro atoms. The molecule has 12 heteroatoms. The number of benzene rings is 1. The number of carbonyl (C=O) groups excluding carboxylic acids is 3. The Hall–Kier alpha value is -2.90. The van der Waals surface area contributed by atoms with Gasteiger partial charge >= 0.3 is 0 Å². The molecule has 1 aromatic carbocycles. The number of aromatic nitrogens is 1. The molecule has 11 nitrogen and oxygen atoms in total. The van der Waals surface area contributed by atoms with Crippen molar-refractivity contribution >= 4 is 34.1 Å². The van der Waals surface area contributed by atoms with E-state index >= 15 is 0 Å². The Morgan fingerprint density at radius 1 is 1.21 bits per heavy atom. The van der Waals surface area contributed by atoms with E-state index in [1.54, 1.807) is 30.6 Å². The highest BCUT2D eigenvalue weighted by Gasteiger charge is 2.54. The van der Waals surface area contributed by atoms with Gasteiger partial charge in [-0.2, -0.15) is 0 Å². The number of fused-ring (bicyclic) bond motifs is 1. The normalized spacial score (nSPS) is 23.7. The molecule has 1 aromatic heterocycles. The number of ketones is 1. The highest BCUT2D eigenvalue weighted by molar-refractivity contribution is 7.14. The van der Waals surface area contributed by atoms with Gasteiger partial charge in [-0.1, -0.05) is 32.9 Å². The molecule has 2 N–H and O–H groups in total. The number of nitrogens with zero attached hydrogens (tertiary/aromatic N) is 4. The van der Waals surface area contributed by atoms with Crippen LogP contribution in [0.3, 0.4) is 0 Å². The van der Waals surface area contributed by atoms with Crippen molar-refractivity contribution in [2.45, 2.75) is 51.5 Å². The van der Waals surface area contributed by atoms with E-state index in [0.29, 0.717) is 12.0 Å². The molecular formula is C30H41N5O6S. The topological polar surface area (TPSA) is 125 Å². The summed E-state index contributed by atoms with van der Waals surface area (Å²) in [4.78, 5) is 50.5. The van der Waals surface area contributed by atoms with Crippen LogP contribution in [0.5, 0.6) is 0 Å². The molecule has 4 atom stereocenters. The lowest BCUT2D eigenvalue weighted by molar-refractivity contribution is -0.140. The maximum atomic E-state index is 13.8. The molecule has 2 aromatic rings. The van der Waals surface area contributed by atoms with E-state index in [2.05, 4.69) is 15.1 Å². The van der Waals surface area contributed by atoms with Gasteiger partial charge in [0.05, 0.1) is 18.8 Å². The van der Waals surface area contributed by atoms with Gasteiger partial charge in [0.2, 0.25) is 5.91 Å². The summed E-state index contributed by atoms with van der Waals surface area (Å²) in [6.45, 7) is 11.1. The van der Waals surface area contributed by atoms with E-state index in [9.17, 15) is 19.5 Å². The fraction of sp³-hybridized carbons (Fsp3) is 0.600. The first-order valence-electron chi connectivity index (χ1n) is 14.6. The first-order chi connectivity index (χ1) is 20.1. The Bertz CT molecular complexity index is 1280. The highest BCUT2D eigenvalue weighted by atomic mass is 32.1. The third-order valence-corrected chi connectivity index (χ3v) is 9.75. The fourth-order valence-corrected chi connectivity index (χ4v) is 6.64. The summed E-state index contributed by atoms with van der Waals surface area (Å²) in [7, 11) is 1.73. The maximum absolute atomic E-state index is 13.8. The summed E-state index contributed by atoms with van der Waals surface area (Å²) < 4.78 is 10.6. The number of Topliss-reactive ketones (excluding diaryl/α,β-unsaturated/α-hetero) is 1. The third-order valence-electron chi connectivity index (χ3n) is 8.85. The molecule has 3 fully saturated rings. The van der Waals surface area contributed by atoms with Crippen LogP contribution >= 0.6 is 11.3 Å². The third kappa shape index (κ3) is 6.23. The average molecular weight is 600 g/mol. The Morgan fingerprint density at radius 3 is 2.60 bits per heavy atom. The monoisotopic (exact) mass is 599 g/mol. The second kappa shape index (κ2) is 12.8. The van der Waals surface area contributed by atoms with Gasteiger partial charge in [0, 0.05) is 56.3 Å². The van der Waals surface area contributed by atoms with Crippen LogP contribution in [0.25, 0.3) is 11.3 Å². The van der Waals surface area contributed by atoms with Gasteiger partial charge in [0.1, 0.15) is 30.9 Å². The van der Waals surface area contributed by atoms with Crippen molar-refractivity contribution in [2.24, 2.45) is 5.41 Å². The minimum atomic E-state index is -0.934. The van der Waals surface area contributed by atoms with Crippen molar-refractivity contribution in [1.29, 1.82) is 0 Å². The summed E-state index contributed by atoms with van der Waals surface area (Å²) in [5.41, 5.74) is 1.59. The van der Waals surface area contributed by atoms with Gasteiger partial charge in [0.25, 0.3) is 5.91 Å². The number of methoxy groups -OCH3 is 1. The number of nitrogens with one attached hydrogen (secondary N) is 1. The molecule has 0 saturated carbocycles. The number of carbonyl (C=O) groups is 3. The van der Waals surface area contributed by atoms with Crippen molar-refractivity contribution in [2.75, 3.05) is 64.5 Å². The maximum Gasteiger partial charge on any atom is 0.251 e. The SMILES string of the molecule is CCC(C)(C)[C@H](NC(=O)c1ccc(-c2csc(N3CCN(CCOC)CC3)n2)cc1)C(=O)N1C[C@H](O)[C@@H]2OCC(=O)[C@H]21. The number of β-amino-alcohol motifs (C(OH)–C–C–N with tert-alkyl or cyclic N) is 1. The molecule has 2 amide bonds. The van der Waals surface area contributed by atoms with Crippen LogP contribution in [0.1, 0.15) is 37.6 Å². The molecule has 228 valence electrons. The molecule has 0 radical (unpaired) electrons. The molecule has 0 bridgehead atoms. The molecule has 3 aliphatic rings. The number of aliphatic hydroxyl groups excluding tert-OH is 1. The lowest BCUT2D eigenvalue weighted by Crippen LogP contribution is -2.57. The summed E-state index contributed by atoms with van der Waals surface area (Å²) in [5, 5.41) is 16.4. The van der Waals surface area contributed by atoms with Gasteiger partial charge in [-0.15, -0.1) is 11.3 Å². The number of aliphatic hydroxyl groups is 1. The summed E-state index contributed by atoms with van der Waals surface area (Å²) in [5.74, 6) is -0.988. The molecule has 5 rings (SSSR count). The predicted molar refractivity (Wildman–Crippen MR) is 160 cm³/mol. The summed E-state index contributed by atoms with van der Waals surface area (Å²) in [6.07, 6.45) is -1.03. The van der Waals surface area contributed by atoms with Gasteiger partial charge in [-0.25, -0.2) is 4.98 Å². The number of hydrogen-bond acceptors (Lipinski definition) is 10. The minimum Gasteiger partial charge on any atom is -0.388 e. The zero-order chi connectivity index (χ0) is 30.0. The number of anilines is 1. The molecule has 0 aliphatic carbocycles. The minimum absolute atomic E-state index is 0.0000997. The van der Waals surface area contributed by atoms with Crippen molar-refractivity contribution in [3.05, 3.63) is 35.2 Å². The van der Waals surface area contributed by atoms with Crippen LogP contribution in [0.15, 0.2) is 29.6 Å². The van der Waals surface area contributed by atoms with Gasteiger partial charge in [0.15, 0.2) is 10.9 Å². The fourth-order valence-electron chi connectivity index (χ4n) is 5.75. The molecule has 0 unspecified atom stereocenters. The Balaban J connectivity index is 1.25. The molecule has 42 heavy (non-hydrogen) atoms. The van der Waals surface area contributed by atoms with E-state index in [4.69, 9.17) is 14.5 Å². The van der Waals surface area contributed by atoms with Crippen LogP contribution in [0, 0.1) is 5.41 Å². The molecule has 3 saturated heterocycles. The number of hydrogen-bond donors (Lipinski definition) is 2. The van der Waals surface area contributed by atoms with Crippen molar-refractivity contribution < 1.29 is 29.0 Å². The van der Waals surface area contributed by atoms with E-state index in [1.807, 2.05) is 38.3 Å². The second-order valence-corrected chi connectivity index (χ2v) is 12.7. The molecule has 4 heterocycles. The van der Waals surface area contributed by atoms with Gasteiger partial charge < -0.3 is 29.7 Å². The molecule has 3 aliphatic heterocycles. The van der Waals surface area contributed by atoms with E-state index in [0.717, 1.165) is 55.7 Å². The van der Waals surface area contributed by atoms with Crippen LogP contribution in [0.2, 0.25) is 0 Å². The van der Waals surface area contributed by atoms with Crippen molar-refractivity contribution in [3.8, 4) is 11.3 Å². The van der Waals surface area contributed by atoms with Crippen LogP contribution < -0.4 is 10.2 Å². The zero-order valence-corrected chi connectivity index (χ0v) is 25.6. The standard InChI is InChI=1S/C30H41N5O6S/c1-5-30(2,3)26(28(39)35-16-22(36)25-24(35)23(37)17-41-25)32-27(38)20-8-6-19(7-9-20)21-18-42-29(31-21)34-12-10-33(11-13-34)14-15-40-4/h6-9,18,22,24-26,36H,5,10-17H2,1-4H3,(H,32,38)/t22-,24+,25-,26+/m0/s1. The largest absolute Gasteiger partial charge is 0.388 e. The summed E-state index contributed by atoms with van der Waals surface area (Å²) in [6, 6.07) is 5.51. The smallest absolute Gasteiger partial charge is 0.251 e. The highest BCUT2D eigenvalue weighted by Crippen LogP contribution is 2.33. The lowest BCUT2D eigenvalue weighted by Gasteiger charge is -2.36. The number of piperazine rings is 1. The van der Waals surface area contributed by atoms with Crippen LogP contribution in [-0.2, 0) is 19.1 Å². The number of amides is 2. The number of ether oxygens (including phenoxy) is 2. The van der Waals surface area contributed by atoms with Gasteiger partial charge in [-0.05, 0) is 24.0 Å². The molecular weight excluding hydrogens is 558 g/mol. The Labute approximate surface area is 250 Å². The van der Waals surface area contributed by atoms with E-state index in [-0.39, 0.29) is 30.7 Å². The van der Waals surface area contributed by atoms with E-state index in [1.165, 1.54) is 4.90 Å². The average Bonchev–Trinajstić information content (AvgIpc) is 3.72. The summed E-state index contributed by atoms with van der Waals surface area (Å²) >= 11 is 1.62. The number of likely N-dealkylation sites (tertiary alicyclic amines) is 1. The first kappa shape index (κ1) is 30.6. The predicted octanol–water partition coefficient (Wildman–Crippen LogP) is 1.65. The van der Waals surface area contributed by atoms with Crippen LogP contribution in [0.4, 0.5) is 5.13 Å². The quantitative estimate of drug-likeness (QED) is 0.420. The number of thiazole rings is 1. The van der Waals surface area contributed by atoms with Crippen molar-refractivity contribution in [1.82, 2.24) is 20.1 Å². The Morgan fingerprint density at radius 2 is 1.93 bits per heavy atom. The first-order valence-corrected chi connectivity index (χ1v) is 15.5. The van der Waals surface area contributed by atoms with Crippen molar-refractivity contribution in [3.63, 3.8) is 0 Å². The zero-order valence-electron chi connectivity index (χ0n) is 24.7. The Kier molecular flexibility index (Phi) is 9.28. The van der Waals surface area contributed by atoms with Crippen LogP contribution in [-0.4, -0.2) is 121 Å². The second-order valence-electron chi connectivity index (χ2n) is 11.9.